The van der Waals surface area contributed by atoms with E-state index < -0.39 is 5.60 Å². The highest BCUT2D eigenvalue weighted by Crippen LogP contribution is 2.21. The summed E-state index contributed by atoms with van der Waals surface area (Å²) >= 11 is 0. The summed E-state index contributed by atoms with van der Waals surface area (Å²) in [5, 5.41) is 13.5. The van der Waals surface area contributed by atoms with Crippen LogP contribution in [0, 0.1) is 6.92 Å². The molecule has 0 aliphatic carbocycles. The Kier molecular flexibility index (Phi) is 3.41. The molecule has 16 heavy (non-hydrogen) atoms. The van der Waals surface area contributed by atoms with Gasteiger partial charge in [-0.15, -0.1) is 0 Å². The number of anilines is 1. The Morgan fingerprint density at radius 2 is 2.25 bits per heavy atom. The number of ether oxygens (including phenoxy) is 1. The molecular weight excluding hydrogens is 204 g/mol. The standard InChI is InChI=1S/C12H18N2O2/c1-10-8-11(2-5-13-10)14-9-12(15)3-6-16-7-4-12/h2,5,8,15H,3-4,6-7,9H2,1H3,(H,13,14). The molecule has 1 fully saturated rings. The maximum Gasteiger partial charge on any atom is 0.0863 e. The number of aryl methyl sites for hydroxylation is 1. The Morgan fingerprint density at radius 1 is 1.50 bits per heavy atom. The lowest BCUT2D eigenvalue weighted by Gasteiger charge is -2.32. The zero-order valence-corrected chi connectivity index (χ0v) is 9.57. The molecule has 1 aliphatic rings. The van der Waals surface area contributed by atoms with Gasteiger partial charge in [-0.05, 0) is 19.1 Å². The molecule has 0 spiro atoms. The Labute approximate surface area is 95.7 Å². The second-order valence-electron chi connectivity index (χ2n) is 4.38. The highest BCUT2D eigenvalue weighted by Gasteiger charge is 2.29. The van der Waals surface area contributed by atoms with Gasteiger partial charge in [-0.2, -0.15) is 0 Å². The Bertz CT molecular complexity index is 349. The normalized spacial score (nSPS) is 19.4. The van der Waals surface area contributed by atoms with E-state index in [4.69, 9.17) is 4.74 Å². The molecule has 2 N–H and O–H groups in total. The first-order valence-corrected chi connectivity index (χ1v) is 5.65. The van der Waals surface area contributed by atoms with Gasteiger partial charge in [-0.25, -0.2) is 0 Å². The van der Waals surface area contributed by atoms with Gasteiger partial charge in [0.05, 0.1) is 5.60 Å². The molecule has 0 bridgehead atoms. The fourth-order valence-corrected chi connectivity index (χ4v) is 1.85. The lowest BCUT2D eigenvalue weighted by molar-refractivity contribution is -0.0543. The van der Waals surface area contributed by atoms with Crippen molar-refractivity contribution >= 4 is 5.69 Å². The monoisotopic (exact) mass is 222 g/mol. The summed E-state index contributed by atoms with van der Waals surface area (Å²) in [4.78, 5) is 4.13. The molecule has 0 saturated carbocycles. The average Bonchev–Trinajstić information content (AvgIpc) is 2.28. The number of aliphatic hydroxyl groups is 1. The number of rotatable bonds is 3. The summed E-state index contributed by atoms with van der Waals surface area (Å²) in [6.45, 7) is 3.81. The molecule has 0 aromatic carbocycles. The summed E-state index contributed by atoms with van der Waals surface area (Å²) in [5.74, 6) is 0. The van der Waals surface area contributed by atoms with E-state index in [1.807, 2.05) is 19.1 Å². The molecule has 2 heterocycles. The fourth-order valence-electron chi connectivity index (χ4n) is 1.85. The van der Waals surface area contributed by atoms with Gasteiger partial charge in [-0.3, -0.25) is 4.98 Å². The predicted octanol–water partition coefficient (Wildman–Crippen LogP) is 1.34. The minimum atomic E-state index is -0.630. The van der Waals surface area contributed by atoms with E-state index in [9.17, 15) is 5.11 Å². The van der Waals surface area contributed by atoms with Gasteiger partial charge >= 0.3 is 0 Å². The first-order valence-electron chi connectivity index (χ1n) is 5.65. The molecule has 0 radical (unpaired) electrons. The largest absolute Gasteiger partial charge is 0.388 e. The zero-order valence-electron chi connectivity index (χ0n) is 9.57. The van der Waals surface area contributed by atoms with E-state index in [2.05, 4.69) is 10.3 Å². The minimum Gasteiger partial charge on any atom is -0.388 e. The molecule has 1 aliphatic heterocycles. The predicted molar refractivity (Wildman–Crippen MR) is 62.5 cm³/mol. The van der Waals surface area contributed by atoms with Crippen LogP contribution in [0.3, 0.4) is 0 Å². The highest BCUT2D eigenvalue weighted by atomic mass is 16.5. The molecule has 0 unspecified atom stereocenters. The summed E-state index contributed by atoms with van der Waals surface area (Å²) < 4.78 is 5.24. The van der Waals surface area contributed by atoms with Crippen molar-refractivity contribution in [1.29, 1.82) is 0 Å². The van der Waals surface area contributed by atoms with E-state index in [1.165, 1.54) is 0 Å². The van der Waals surface area contributed by atoms with Crippen molar-refractivity contribution in [2.75, 3.05) is 25.1 Å². The van der Waals surface area contributed by atoms with Gasteiger partial charge in [0.15, 0.2) is 0 Å². The van der Waals surface area contributed by atoms with Crippen LogP contribution in [-0.4, -0.2) is 35.5 Å². The van der Waals surface area contributed by atoms with Crippen LogP contribution in [0.25, 0.3) is 0 Å². The lowest BCUT2D eigenvalue weighted by Crippen LogP contribution is -2.42. The van der Waals surface area contributed by atoms with Gasteiger partial charge in [0.25, 0.3) is 0 Å². The van der Waals surface area contributed by atoms with Crippen LogP contribution in [0.4, 0.5) is 5.69 Å². The van der Waals surface area contributed by atoms with E-state index in [-0.39, 0.29) is 0 Å². The molecule has 88 valence electrons. The van der Waals surface area contributed by atoms with Crippen LogP contribution < -0.4 is 5.32 Å². The third-order valence-corrected chi connectivity index (χ3v) is 2.94. The Morgan fingerprint density at radius 3 is 2.94 bits per heavy atom. The molecule has 1 aromatic rings. The number of nitrogens with one attached hydrogen (secondary N) is 1. The number of nitrogens with zero attached hydrogens (tertiary/aromatic N) is 1. The minimum absolute atomic E-state index is 0.569. The van der Waals surface area contributed by atoms with Gasteiger partial charge in [0.1, 0.15) is 0 Å². The van der Waals surface area contributed by atoms with Crippen molar-refractivity contribution in [3.8, 4) is 0 Å². The molecule has 2 rings (SSSR count). The number of hydrogen-bond donors (Lipinski definition) is 2. The summed E-state index contributed by atoms with van der Waals surface area (Å²) in [6, 6.07) is 3.89. The van der Waals surface area contributed by atoms with E-state index in [0.29, 0.717) is 32.6 Å². The number of hydrogen-bond acceptors (Lipinski definition) is 4. The van der Waals surface area contributed by atoms with Gasteiger partial charge < -0.3 is 15.2 Å². The third kappa shape index (κ3) is 2.93. The van der Waals surface area contributed by atoms with Crippen molar-refractivity contribution < 1.29 is 9.84 Å². The van der Waals surface area contributed by atoms with Crippen molar-refractivity contribution in [3.63, 3.8) is 0 Å². The van der Waals surface area contributed by atoms with E-state index in [0.717, 1.165) is 11.4 Å². The van der Waals surface area contributed by atoms with Crippen molar-refractivity contribution in [2.24, 2.45) is 0 Å². The number of aromatic nitrogens is 1. The smallest absolute Gasteiger partial charge is 0.0863 e. The first kappa shape index (κ1) is 11.4. The second-order valence-corrected chi connectivity index (χ2v) is 4.38. The van der Waals surface area contributed by atoms with Gasteiger partial charge in [0.2, 0.25) is 0 Å². The molecule has 0 atom stereocenters. The molecule has 4 heteroatoms. The summed E-state index contributed by atoms with van der Waals surface area (Å²) in [7, 11) is 0. The lowest BCUT2D eigenvalue weighted by atomic mass is 9.94. The number of pyridine rings is 1. The van der Waals surface area contributed by atoms with Crippen LogP contribution >= 0.6 is 0 Å². The van der Waals surface area contributed by atoms with Crippen molar-refractivity contribution in [2.45, 2.75) is 25.4 Å². The third-order valence-electron chi connectivity index (χ3n) is 2.94. The SMILES string of the molecule is Cc1cc(NCC2(O)CCOCC2)ccn1. The van der Waals surface area contributed by atoms with Crippen LogP contribution in [0.15, 0.2) is 18.3 Å². The first-order chi connectivity index (χ1) is 7.68. The topological polar surface area (TPSA) is 54.4 Å². The molecule has 0 amide bonds. The van der Waals surface area contributed by atoms with Crippen molar-refractivity contribution in [1.82, 2.24) is 4.98 Å². The summed E-state index contributed by atoms with van der Waals surface area (Å²) in [6.07, 6.45) is 3.17. The van der Waals surface area contributed by atoms with Crippen LogP contribution in [0.1, 0.15) is 18.5 Å². The maximum atomic E-state index is 10.2. The fraction of sp³-hybridized carbons (Fsp3) is 0.583. The highest BCUT2D eigenvalue weighted by molar-refractivity contribution is 5.43. The second kappa shape index (κ2) is 4.80. The average molecular weight is 222 g/mol. The van der Waals surface area contributed by atoms with Gasteiger partial charge in [-0.1, -0.05) is 0 Å². The molecular formula is C12H18N2O2. The van der Waals surface area contributed by atoms with Crippen LogP contribution in [0.5, 0.6) is 0 Å². The maximum absolute atomic E-state index is 10.2. The van der Waals surface area contributed by atoms with Crippen LogP contribution in [-0.2, 0) is 4.74 Å². The Balaban J connectivity index is 1.91. The molecule has 4 nitrogen and oxygen atoms in total. The quantitative estimate of drug-likeness (QED) is 0.810. The summed E-state index contributed by atoms with van der Waals surface area (Å²) in [5.41, 5.74) is 1.35. The molecule has 1 aromatic heterocycles. The van der Waals surface area contributed by atoms with E-state index >= 15 is 0 Å². The van der Waals surface area contributed by atoms with Crippen molar-refractivity contribution in [3.05, 3.63) is 24.0 Å². The Hall–Kier alpha value is -1.13. The van der Waals surface area contributed by atoms with Gasteiger partial charge in [0, 0.05) is 50.2 Å². The zero-order chi connectivity index (χ0) is 11.4. The van der Waals surface area contributed by atoms with Crippen LogP contribution in [0.2, 0.25) is 0 Å². The van der Waals surface area contributed by atoms with E-state index in [1.54, 1.807) is 6.20 Å². The molecule has 1 saturated heterocycles.